The van der Waals surface area contributed by atoms with Gasteiger partial charge in [-0.1, -0.05) is 36.4 Å². The Kier molecular flexibility index (Phi) is 7.30. The zero-order valence-corrected chi connectivity index (χ0v) is 16.8. The fraction of sp³-hybridized carbons (Fsp3) is 0.455. The van der Waals surface area contributed by atoms with Crippen molar-refractivity contribution < 1.29 is 19.4 Å². The van der Waals surface area contributed by atoms with E-state index in [1.54, 1.807) is 0 Å². The summed E-state index contributed by atoms with van der Waals surface area (Å²) >= 11 is 0. The van der Waals surface area contributed by atoms with Gasteiger partial charge in [0.25, 0.3) is 0 Å². The van der Waals surface area contributed by atoms with Gasteiger partial charge in [-0.15, -0.1) is 0 Å². The molecule has 1 aliphatic rings. The third kappa shape index (κ3) is 5.84. The van der Waals surface area contributed by atoms with E-state index in [1.165, 1.54) is 0 Å². The minimum atomic E-state index is -0.822. The van der Waals surface area contributed by atoms with Crippen molar-refractivity contribution in [3.63, 3.8) is 0 Å². The topological polar surface area (TPSA) is 82.1 Å². The lowest BCUT2D eigenvalue weighted by atomic mass is 10.1. The molecule has 1 unspecified atom stereocenters. The Balaban J connectivity index is 1.43. The second-order valence-corrected chi connectivity index (χ2v) is 7.44. The summed E-state index contributed by atoms with van der Waals surface area (Å²) in [4.78, 5) is 27.1. The summed E-state index contributed by atoms with van der Waals surface area (Å²) < 4.78 is 5.87. The van der Waals surface area contributed by atoms with E-state index in [0.717, 1.165) is 35.8 Å². The number of urea groups is 1. The Morgan fingerprint density at radius 1 is 1.17 bits per heavy atom. The fourth-order valence-electron chi connectivity index (χ4n) is 3.82. The zero-order valence-electron chi connectivity index (χ0n) is 16.8. The summed E-state index contributed by atoms with van der Waals surface area (Å²) in [5.74, 6) is -0.00558. The number of amides is 2. The molecule has 1 aliphatic heterocycles. The van der Waals surface area contributed by atoms with Gasteiger partial charge < -0.3 is 20.1 Å². The molecule has 3 rings (SSSR count). The van der Waals surface area contributed by atoms with E-state index in [-0.39, 0.29) is 18.6 Å². The number of rotatable bonds is 7. The predicted molar refractivity (Wildman–Crippen MR) is 112 cm³/mol. The Bertz CT molecular complexity index is 836. The highest BCUT2D eigenvalue weighted by Gasteiger charge is 2.23. The van der Waals surface area contributed by atoms with Gasteiger partial charge in [-0.05, 0) is 37.8 Å². The number of likely N-dealkylation sites (tertiary alicyclic amines) is 1. The third-order valence-corrected chi connectivity index (χ3v) is 5.38. The number of carboxylic acid groups (broad SMARTS) is 1. The van der Waals surface area contributed by atoms with Gasteiger partial charge in [0.15, 0.2) is 0 Å². The first-order valence-corrected chi connectivity index (χ1v) is 10.1. The van der Waals surface area contributed by atoms with E-state index in [9.17, 15) is 9.59 Å². The summed E-state index contributed by atoms with van der Waals surface area (Å²) in [6.45, 7) is 2.18. The summed E-state index contributed by atoms with van der Waals surface area (Å²) in [6.07, 6.45) is 2.55. The molecule has 1 heterocycles. The normalized spacial score (nSPS) is 17.2. The van der Waals surface area contributed by atoms with E-state index in [1.807, 2.05) is 59.3 Å². The molecule has 1 atom stereocenters. The van der Waals surface area contributed by atoms with Gasteiger partial charge in [0.1, 0.15) is 12.4 Å². The Hall–Kier alpha value is -2.80. The molecule has 1 fully saturated rings. The van der Waals surface area contributed by atoms with Crippen LogP contribution < -0.4 is 10.1 Å². The van der Waals surface area contributed by atoms with Gasteiger partial charge in [-0.3, -0.25) is 9.69 Å². The van der Waals surface area contributed by atoms with Crippen LogP contribution in [0.4, 0.5) is 4.79 Å². The van der Waals surface area contributed by atoms with Crippen molar-refractivity contribution in [3.8, 4) is 5.75 Å². The minimum Gasteiger partial charge on any atom is -0.491 e. The number of aliphatic carboxylic acids is 1. The van der Waals surface area contributed by atoms with Gasteiger partial charge >= 0.3 is 12.0 Å². The van der Waals surface area contributed by atoms with Crippen LogP contribution in [0.15, 0.2) is 42.5 Å². The van der Waals surface area contributed by atoms with Crippen molar-refractivity contribution in [2.75, 3.05) is 39.8 Å². The number of benzene rings is 2. The molecule has 2 aromatic rings. The molecular weight excluding hydrogens is 370 g/mol. The quantitative estimate of drug-likeness (QED) is 0.700. The first kappa shape index (κ1) is 20.9. The molecule has 0 aliphatic carbocycles. The maximum absolute atomic E-state index is 12.5. The molecule has 0 radical (unpaired) electrons. The first-order valence-electron chi connectivity index (χ1n) is 10.1. The molecule has 0 bridgehead atoms. The number of nitrogens with zero attached hydrogens (tertiary/aromatic N) is 2. The molecule has 2 N–H and O–H groups in total. The van der Waals surface area contributed by atoms with Crippen LogP contribution in [-0.2, 0) is 4.79 Å². The van der Waals surface area contributed by atoms with Crippen molar-refractivity contribution in [1.29, 1.82) is 0 Å². The van der Waals surface area contributed by atoms with Crippen LogP contribution >= 0.6 is 0 Å². The monoisotopic (exact) mass is 399 g/mol. The van der Waals surface area contributed by atoms with Gasteiger partial charge in [0.05, 0.1) is 13.1 Å². The number of hydrogen-bond donors (Lipinski definition) is 2. The third-order valence-electron chi connectivity index (χ3n) is 5.38. The number of ether oxygens (including phenoxy) is 1. The van der Waals surface area contributed by atoms with Gasteiger partial charge in [0.2, 0.25) is 0 Å². The lowest BCUT2D eigenvalue weighted by Gasteiger charge is -2.25. The highest BCUT2D eigenvalue weighted by Crippen LogP contribution is 2.24. The first-order chi connectivity index (χ1) is 14.0. The molecule has 7 heteroatoms. The maximum atomic E-state index is 12.5. The Labute approximate surface area is 171 Å². The van der Waals surface area contributed by atoms with Gasteiger partial charge in [0, 0.05) is 24.5 Å². The van der Waals surface area contributed by atoms with Crippen molar-refractivity contribution >= 4 is 22.8 Å². The van der Waals surface area contributed by atoms with Crippen molar-refractivity contribution in [1.82, 2.24) is 15.1 Å². The molecule has 0 spiro atoms. The standard InChI is InChI=1S/C22H29N3O4/c1-24(16-21(26)27)18-8-5-13-25(14-11-18)22(28)23-12-15-29-20-10-4-7-17-6-2-3-9-19(17)20/h2-4,6-7,9-10,18H,5,8,11-16H2,1H3,(H,23,28)(H,26,27). The number of hydrogen-bond acceptors (Lipinski definition) is 4. The van der Waals surface area contributed by atoms with Crippen LogP contribution in [0.1, 0.15) is 19.3 Å². The number of likely N-dealkylation sites (N-methyl/N-ethyl adjacent to an activating group) is 1. The largest absolute Gasteiger partial charge is 0.491 e. The molecule has 156 valence electrons. The van der Waals surface area contributed by atoms with Crippen LogP contribution in [0.2, 0.25) is 0 Å². The summed E-state index contributed by atoms with van der Waals surface area (Å²) in [6, 6.07) is 14.1. The molecule has 0 saturated carbocycles. The molecule has 7 nitrogen and oxygen atoms in total. The predicted octanol–water partition coefficient (Wildman–Crippen LogP) is 2.80. The molecule has 0 aromatic heterocycles. The van der Waals surface area contributed by atoms with E-state index < -0.39 is 5.97 Å². The molecule has 29 heavy (non-hydrogen) atoms. The van der Waals surface area contributed by atoms with Crippen LogP contribution in [0, 0.1) is 0 Å². The summed E-state index contributed by atoms with van der Waals surface area (Å²) in [5.41, 5.74) is 0. The fourth-order valence-corrected chi connectivity index (χ4v) is 3.82. The van der Waals surface area contributed by atoms with Gasteiger partial charge in [-0.25, -0.2) is 4.79 Å². The highest BCUT2D eigenvalue weighted by molar-refractivity contribution is 5.88. The van der Waals surface area contributed by atoms with E-state index >= 15 is 0 Å². The highest BCUT2D eigenvalue weighted by atomic mass is 16.5. The van der Waals surface area contributed by atoms with Gasteiger partial charge in [-0.2, -0.15) is 0 Å². The molecular formula is C22H29N3O4. The summed E-state index contributed by atoms with van der Waals surface area (Å²) in [7, 11) is 1.83. The molecule has 2 aromatic carbocycles. The number of carbonyl (C=O) groups is 2. The SMILES string of the molecule is CN(CC(=O)O)C1CCCN(C(=O)NCCOc2cccc3ccccc23)CC1. The van der Waals surface area contributed by atoms with Crippen molar-refractivity contribution in [3.05, 3.63) is 42.5 Å². The van der Waals surface area contributed by atoms with Crippen molar-refractivity contribution in [2.24, 2.45) is 0 Å². The second kappa shape index (κ2) is 10.1. The van der Waals surface area contributed by atoms with Crippen LogP contribution in [0.25, 0.3) is 10.8 Å². The minimum absolute atomic E-state index is 0.0301. The smallest absolute Gasteiger partial charge is 0.317 e. The maximum Gasteiger partial charge on any atom is 0.317 e. The average molecular weight is 399 g/mol. The zero-order chi connectivity index (χ0) is 20.6. The molecule has 1 saturated heterocycles. The second-order valence-electron chi connectivity index (χ2n) is 7.44. The number of fused-ring (bicyclic) bond motifs is 1. The van der Waals surface area contributed by atoms with E-state index in [0.29, 0.717) is 26.2 Å². The lowest BCUT2D eigenvalue weighted by Crippen LogP contribution is -2.42. The average Bonchev–Trinajstić information content (AvgIpc) is 2.97. The Morgan fingerprint density at radius 3 is 2.79 bits per heavy atom. The summed E-state index contributed by atoms with van der Waals surface area (Å²) in [5, 5.41) is 14.1. The number of carbonyl (C=O) groups excluding carboxylic acids is 1. The van der Waals surface area contributed by atoms with Crippen molar-refractivity contribution in [2.45, 2.75) is 25.3 Å². The molecule has 2 amide bonds. The van der Waals surface area contributed by atoms with Crippen LogP contribution in [0.5, 0.6) is 5.75 Å². The lowest BCUT2D eigenvalue weighted by molar-refractivity contribution is -0.138. The number of nitrogens with one attached hydrogen (secondary N) is 1. The number of carboxylic acids is 1. The van der Waals surface area contributed by atoms with Crippen LogP contribution in [0.3, 0.4) is 0 Å². The van der Waals surface area contributed by atoms with E-state index in [4.69, 9.17) is 9.84 Å². The van der Waals surface area contributed by atoms with E-state index in [2.05, 4.69) is 5.32 Å². The van der Waals surface area contributed by atoms with Crippen LogP contribution in [-0.4, -0.2) is 72.8 Å². The Morgan fingerprint density at radius 2 is 1.97 bits per heavy atom.